The van der Waals surface area contributed by atoms with Crippen molar-refractivity contribution in [2.24, 2.45) is 0 Å². The van der Waals surface area contributed by atoms with Crippen molar-refractivity contribution in [1.82, 2.24) is 14.7 Å². The molecule has 9 heteroatoms. The van der Waals surface area contributed by atoms with Gasteiger partial charge in [0.2, 0.25) is 5.91 Å². The lowest BCUT2D eigenvalue weighted by molar-refractivity contribution is -0.132. The average Bonchev–Trinajstić information content (AvgIpc) is 2.95. The van der Waals surface area contributed by atoms with Crippen molar-refractivity contribution < 1.29 is 22.8 Å². The summed E-state index contributed by atoms with van der Waals surface area (Å²) in [6.07, 6.45) is 1.39. The van der Waals surface area contributed by atoms with Crippen LogP contribution in [0.5, 0.6) is 0 Å². The molecule has 2 aliphatic rings. The van der Waals surface area contributed by atoms with Gasteiger partial charge in [0.15, 0.2) is 0 Å². The van der Waals surface area contributed by atoms with Crippen LogP contribution in [0.15, 0.2) is 42.5 Å². The van der Waals surface area contributed by atoms with Gasteiger partial charge in [-0.15, -0.1) is 0 Å². The number of carbonyl (C=O) groups excluding carboxylic acids is 2. The maximum absolute atomic E-state index is 13.4. The van der Waals surface area contributed by atoms with E-state index < -0.39 is 17.7 Å². The Bertz CT molecular complexity index is 965. The van der Waals surface area contributed by atoms with E-state index in [9.17, 15) is 22.8 Å². The second-order valence-corrected chi connectivity index (χ2v) is 8.16. The molecule has 0 aliphatic carbocycles. The van der Waals surface area contributed by atoms with Gasteiger partial charge in [-0.2, -0.15) is 0 Å². The summed E-state index contributed by atoms with van der Waals surface area (Å²) in [5.74, 6) is -1.78. The summed E-state index contributed by atoms with van der Waals surface area (Å²) in [6.45, 7) is 3.19. The molecular formula is C23H25F3N4O2. The van der Waals surface area contributed by atoms with Gasteiger partial charge >= 0.3 is 6.03 Å². The number of anilines is 1. The van der Waals surface area contributed by atoms with Crippen molar-refractivity contribution in [3.05, 3.63) is 65.5 Å². The Balaban J connectivity index is 1.32. The number of halogens is 3. The number of carbonyl (C=O) groups is 2. The molecule has 2 fully saturated rings. The Labute approximate surface area is 184 Å². The molecule has 1 N–H and O–H groups in total. The number of hydrogen-bond donors (Lipinski definition) is 1. The summed E-state index contributed by atoms with van der Waals surface area (Å²) < 4.78 is 39.9. The first kappa shape index (κ1) is 22.1. The quantitative estimate of drug-likeness (QED) is 0.783. The molecule has 0 saturated carbocycles. The molecule has 4 rings (SSSR count). The minimum absolute atomic E-state index is 0.0439. The van der Waals surface area contributed by atoms with E-state index in [2.05, 4.69) is 10.2 Å². The van der Waals surface area contributed by atoms with E-state index in [0.717, 1.165) is 23.8 Å². The monoisotopic (exact) mass is 446 g/mol. The van der Waals surface area contributed by atoms with Gasteiger partial charge in [0.05, 0.1) is 6.04 Å². The van der Waals surface area contributed by atoms with Crippen LogP contribution in [0, 0.1) is 17.5 Å². The van der Waals surface area contributed by atoms with Gasteiger partial charge in [-0.3, -0.25) is 9.69 Å². The van der Waals surface area contributed by atoms with E-state index in [1.54, 1.807) is 21.9 Å². The summed E-state index contributed by atoms with van der Waals surface area (Å²) in [5, 5.41) is 2.54. The molecule has 2 aromatic carbocycles. The predicted octanol–water partition coefficient (Wildman–Crippen LogP) is 3.44. The van der Waals surface area contributed by atoms with E-state index in [1.165, 1.54) is 12.1 Å². The predicted molar refractivity (Wildman–Crippen MR) is 113 cm³/mol. The molecule has 0 radical (unpaired) electrons. The lowest BCUT2D eigenvalue weighted by atomic mass is 10.2. The summed E-state index contributed by atoms with van der Waals surface area (Å²) in [5.41, 5.74) is 0.948. The van der Waals surface area contributed by atoms with Crippen LogP contribution in [-0.2, 0) is 11.3 Å². The van der Waals surface area contributed by atoms with Crippen molar-refractivity contribution in [3.63, 3.8) is 0 Å². The zero-order chi connectivity index (χ0) is 22.7. The number of likely N-dealkylation sites (tertiary alicyclic amines) is 1. The molecule has 2 heterocycles. The Morgan fingerprint density at radius 3 is 2.34 bits per heavy atom. The standard InChI is InChI=1S/C23H25F3N4O2/c24-17-4-2-16(3-5-17)15-30-9-6-21(22(30)31)28-7-1-8-29(11-10-28)23(32)27-20-13-18(25)12-19(26)14-20/h2-5,12-14,21H,1,6-11,15H2,(H,27,32)/t21-/m0/s1. The molecule has 0 aromatic heterocycles. The lowest BCUT2D eigenvalue weighted by Gasteiger charge is -2.26. The second-order valence-electron chi connectivity index (χ2n) is 8.16. The normalized spacial score (nSPS) is 19.8. The molecule has 2 aliphatic heterocycles. The molecule has 2 saturated heterocycles. The molecule has 0 unspecified atom stereocenters. The molecule has 6 nitrogen and oxygen atoms in total. The number of benzene rings is 2. The minimum Gasteiger partial charge on any atom is -0.337 e. The summed E-state index contributed by atoms with van der Waals surface area (Å²) >= 11 is 0. The van der Waals surface area contributed by atoms with Gasteiger partial charge in [-0.25, -0.2) is 18.0 Å². The van der Waals surface area contributed by atoms with Crippen molar-refractivity contribution >= 4 is 17.6 Å². The minimum atomic E-state index is -0.757. The van der Waals surface area contributed by atoms with E-state index >= 15 is 0 Å². The van der Waals surface area contributed by atoms with Gasteiger partial charge in [0.25, 0.3) is 0 Å². The highest BCUT2D eigenvalue weighted by atomic mass is 19.1. The Hall–Kier alpha value is -3.07. The molecule has 1 atom stereocenters. The summed E-state index contributed by atoms with van der Waals surface area (Å²) in [4.78, 5) is 31.0. The molecule has 170 valence electrons. The third kappa shape index (κ3) is 5.21. The topological polar surface area (TPSA) is 55.9 Å². The van der Waals surface area contributed by atoms with E-state index in [1.807, 2.05) is 0 Å². The Morgan fingerprint density at radius 1 is 0.906 bits per heavy atom. The van der Waals surface area contributed by atoms with Crippen molar-refractivity contribution in [3.8, 4) is 0 Å². The summed E-state index contributed by atoms with van der Waals surface area (Å²) in [7, 11) is 0. The van der Waals surface area contributed by atoms with Gasteiger partial charge in [-0.05, 0) is 42.7 Å². The van der Waals surface area contributed by atoms with Crippen molar-refractivity contribution in [2.45, 2.75) is 25.4 Å². The molecule has 32 heavy (non-hydrogen) atoms. The first-order chi connectivity index (χ1) is 15.4. The number of nitrogens with zero attached hydrogens (tertiary/aromatic N) is 3. The fourth-order valence-electron chi connectivity index (χ4n) is 4.31. The largest absolute Gasteiger partial charge is 0.337 e. The molecule has 3 amide bonds. The third-order valence-corrected chi connectivity index (χ3v) is 5.93. The fraction of sp³-hybridized carbons (Fsp3) is 0.391. The number of amides is 3. The molecular weight excluding hydrogens is 421 g/mol. The number of hydrogen-bond acceptors (Lipinski definition) is 3. The van der Waals surface area contributed by atoms with Crippen LogP contribution < -0.4 is 5.32 Å². The second kappa shape index (κ2) is 9.60. The van der Waals surface area contributed by atoms with E-state index in [0.29, 0.717) is 52.1 Å². The van der Waals surface area contributed by atoms with Crippen molar-refractivity contribution in [1.29, 1.82) is 0 Å². The van der Waals surface area contributed by atoms with Crippen LogP contribution in [0.3, 0.4) is 0 Å². The van der Waals surface area contributed by atoms with Gasteiger partial charge < -0.3 is 15.1 Å². The summed E-state index contributed by atoms with van der Waals surface area (Å²) in [6, 6.07) is 8.36. The zero-order valence-electron chi connectivity index (χ0n) is 17.6. The molecule has 0 bridgehead atoms. The Kier molecular flexibility index (Phi) is 6.64. The van der Waals surface area contributed by atoms with Crippen LogP contribution in [0.25, 0.3) is 0 Å². The maximum Gasteiger partial charge on any atom is 0.321 e. The van der Waals surface area contributed by atoms with Crippen LogP contribution in [-0.4, -0.2) is 65.4 Å². The van der Waals surface area contributed by atoms with Crippen LogP contribution >= 0.6 is 0 Å². The van der Waals surface area contributed by atoms with Crippen molar-refractivity contribution in [2.75, 3.05) is 38.0 Å². The van der Waals surface area contributed by atoms with Crippen LogP contribution in [0.2, 0.25) is 0 Å². The maximum atomic E-state index is 13.4. The molecule has 0 spiro atoms. The Morgan fingerprint density at radius 2 is 1.62 bits per heavy atom. The van der Waals surface area contributed by atoms with Crippen LogP contribution in [0.4, 0.5) is 23.7 Å². The van der Waals surface area contributed by atoms with Gasteiger partial charge in [-0.1, -0.05) is 12.1 Å². The fourth-order valence-corrected chi connectivity index (χ4v) is 4.31. The first-order valence-corrected chi connectivity index (χ1v) is 10.7. The highest BCUT2D eigenvalue weighted by Gasteiger charge is 2.36. The van der Waals surface area contributed by atoms with Crippen LogP contribution in [0.1, 0.15) is 18.4 Å². The van der Waals surface area contributed by atoms with E-state index in [-0.39, 0.29) is 23.5 Å². The van der Waals surface area contributed by atoms with E-state index in [4.69, 9.17) is 0 Å². The van der Waals surface area contributed by atoms with Gasteiger partial charge in [0.1, 0.15) is 17.5 Å². The van der Waals surface area contributed by atoms with Gasteiger partial charge in [0, 0.05) is 51.0 Å². The zero-order valence-corrected chi connectivity index (χ0v) is 17.6. The smallest absolute Gasteiger partial charge is 0.321 e. The first-order valence-electron chi connectivity index (χ1n) is 10.7. The highest BCUT2D eigenvalue weighted by Crippen LogP contribution is 2.22. The SMILES string of the molecule is O=C(Nc1cc(F)cc(F)c1)N1CCCN([C@H]2CCN(Cc3ccc(F)cc3)C2=O)CC1. The highest BCUT2D eigenvalue weighted by molar-refractivity contribution is 5.89. The average molecular weight is 446 g/mol. The molecule has 2 aromatic rings. The lowest BCUT2D eigenvalue weighted by Crippen LogP contribution is -2.44. The third-order valence-electron chi connectivity index (χ3n) is 5.93. The number of rotatable bonds is 4. The number of urea groups is 1. The number of nitrogens with one attached hydrogen (secondary N) is 1.